The number of piperazine rings is 1. The van der Waals surface area contributed by atoms with Crippen molar-refractivity contribution in [1.29, 1.82) is 0 Å². The van der Waals surface area contributed by atoms with Crippen LogP contribution in [0.1, 0.15) is 25.3 Å². The Hall–Kier alpha value is -1.13. The Morgan fingerprint density at radius 1 is 1.30 bits per heavy atom. The fourth-order valence-electron chi connectivity index (χ4n) is 3.43. The average molecular weight is 488 g/mol. The minimum atomic E-state index is -0.0805. The summed E-state index contributed by atoms with van der Waals surface area (Å²) in [7, 11) is 3.97. The van der Waals surface area contributed by atoms with Crippen LogP contribution in [-0.4, -0.2) is 74.9 Å². The molecule has 0 radical (unpaired) electrons. The van der Waals surface area contributed by atoms with E-state index in [0.29, 0.717) is 0 Å². The highest BCUT2D eigenvalue weighted by Crippen LogP contribution is 2.23. The van der Waals surface area contributed by atoms with Crippen molar-refractivity contribution in [3.05, 3.63) is 23.9 Å². The number of rotatable bonds is 5. The van der Waals surface area contributed by atoms with Gasteiger partial charge in [-0.2, -0.15) is 0 Å². The van der Waals surface area contributed by atoms with Gasteiger partial charge < -0.3 is 25.2 Å². The van der Waals surface area contributed by atoms with Crippen molar-refractivity contribution in [1.82, 2.24) is 20.5 Å². The first-order valence-electron chi connectivity index (χ1n) is 9.55. The van der Waals surface area contributed by atoms with Gasteiger partial charge in [-0.3, -0.25) is 4.99 Å². The van der Waals surface area contributed by atoms with Crippen molar-refractivity contribution >= 4 is 35.8 Å². The van der Waals surface area contributed by atoms with Gasteiger partial charge in [0, 0.05) is 59.1 Å². The highest BCUT2D eigenvalue weighted by molar-refractivity contribution is 14.0. The van der Waals surface area contributed by atoms with Gasteiger partial charge in [-0.15, -0.1) is 24.0 Å². The Morgan fingerprint density at radius 3 is 2.74 bits per heavy atom. The van der Waals surface area contributed by atoms with Gasteiger partial charge in [0.2, 0.25) is 0 Å². The van der Waals surface area contributed by atoms with E-state index in [4.69, 9.17) is 4.74 Å². The number of anilines is 1. The molecule has 7 nitrogen and oxygen atoms in total. The number of aromatic nitrogens is 1. The quantitative estimate of drug-likeness (QED) is 0.374. The monoisotopic (exact) mass is 488 g/mol. The van der Waals surface area contributed by atoms with Crippen molar-refractivity contribution in [2.24, 2.45) is 4.99 Å². The standard InChI is InChI=1S/C19H32N6O.HI/c1-19(6-4-12-26-19)15-23-18(20-2)22-14-16-5-7-21-17(13-16)25-10-8-24(3)9-11-25;/h5,7,13H,4,6,8-12,14-15H2,1-3H3,(H2,20,22,23);1H. The SMILES string of the molecule is CN=C(NCc1ccnc(N2CCN(C)CC2)c1)NCC1(C)CCCO1.I. The maximum atomic E-state index is 5.83. The Bertz CT molecular complexity index is 612. The summed E-state index contributed by atoms with van der Waals surface area (Å²) in [5, 5.41) is 6.78. The zero-order valence-corrected chi connectivity index (χ0v) is 19.0. The molecule has 1 aromatic rings. The Morgan fingerprint density at radius 2 is 2.07 bits per heavy atom. The molecule has 8 heteroatoms. The topological polar surface area (TPSA) is 65.0 Å². The van der Waals surface area contributed by atoms with Gasteiger partial charge in [0.15, 0.2) is 5.96 Å². The summed E-state index contributed by atoms with van der Waals surface area (Å²) in [6.07, 6.45) is 4.13. The number of aliphatic imine (C=N–C) groups is 1. The summed E-state index contributed by atoms with van der Waals surface area (Å²) in [6.45, 7) is 8.74. The number of nitrogens with one attached hydrogen (secondary N) is 2. The fraction of sp³-hybridized carbons (Fsp3) is 0.684. The van der Waals surface area contributed by atoms with Crippen molar-refractivity contribution in [2.75, 3.05) is 58.3 Å². The third-order valence-electron chi connectivity index (χ3n) is 5.25. The van der Waals surface area contributed by atoms with E-state index in [2.05, 4.69) is 56.5 Å². The van der Waals surface area contributed by atoms with Gasteiger partial charge >= 0.3 is 0 Å². The molecule has 2 aliphatic heterocycles. The molecule has 0 spiro atoms. The summed E-state index contributed by atoms with van der Waals surface area (Å²) in [5.74, 6) is 1.87. The summed E-state index contributed by atoms with van der Waals surface area (Å²) >= 11 is 0. The molecule has 2 N–H and O–H groups in total. The molecule has 27 heavy (non-hydrogen) atoms. The average Bonchev–Trinajstić information content (AvgIpc) is 3.09. The van der Waals surface area contributed by atoms with Gasteiger partial charge in [0.25, 0.3) is 0 Å². The van der Waals surface area contributed by atoms with E-state index in [-0.39, 0.29) is 29.6 Å². The van der Waals surface area contributed by atoms with Crippen molar-refractivity contribution < 1.29 is 4.74 Å². The van der Waals surface area contributed by atoms with E-state index < -0.39 is 0 Å². The van der Waals surface area contributed by atoms with Gasteiger partial charge in [-0.05, 0) is 44.5 Å². The van der Waals surface area contributed by atoms with E-state index in [1.165, 1.54) is 5.56 Å². The van der Waals surface area contributed by atoms with Crippen LogP contribution in [0.2, 0.25) is 0 Å². The maximum absolute atomic E-state index is 5.83. The van der Waals surface area contributed by atoms with Crippen LogP contribution >= 0.6 is 24.0 Å². The highest BCUT2D eigenvalue weighted by Gasteiger charge is 2.29. The predicted molar refractivity (Wildman–Crippen MR) is 121 cm³/mol. The van der Waals surface area contributed by atoms with Crippen LogP contribution in [0.25, 0.3) is 0 Å². The predicted octanol–water partition coefficient (Wildman–Crippen LogP) is 1.69. The first-order valence-corrected chi connectivity index (χ1v) is 9.55. The molecular formula is C19H33IN6O. The third-order valence-corrected chi connectivity index (χ3v) is 5.25. The molecule has 2 aliphatic rings. The fourth-order valence-corrected chi connectivity index (χ4v) is 3.43. The Balaban J connectivity index is 0.00000261. The van der Waals surface area contributed by atoms with E-state index >= 15 is 0 Å². The third kappa shape index (κ3) is 6.46. The molecule has 0 aliphatic carbocycles. The summed E-state index contributed by atoms with van der Waals surface area (Å²) in [6, 6.07) is 4.23. The summed E-state index contributed by atoms with van der Waals surface area (Å²) in [4.78, 5) is 13.6. The largest absolute Gasteiger partial charge is 0.373 e. The van der Waals surface area contributed by atoms with Crippen molar-refractivity contribution in [3.63, 3.8) is 0 Å². The molecule has 0 amide bonds. The first-order chi connectivity index (χ1) is 12.6. The zero-order valence-electron chi connectivity index (χ0n) is 16.7. The second-order valence-corrected chi connectivity index (χ2v) is 7.49. The lowest BCUT2D eigenvalue weighted by Crippen LogP contribution is -2.45. The molecule has 3 rings (SSSR count). The molecular weight excluding hydrogens is 455 g/mol. The number of pyridine rings is 1. The molecule has 1 atom stereocenters. The van der Waals surface area contributed by atoms with Crippen LogP contribution in [-0.2, 0) is 11.3 Å². The summed E-state index contributed by atoms with van der Waals surface area (Å²) < 4.78 is 5.83. The number of nitrogens with zero attached hydrogens (tertiary/aromatic N) is 4. The first kappa shape index (κ1) is 22.2. The Kier molecular flexibility index (Phi) is 8.56. The molecule has 0 saturated carbocycles. The number of halogens is 1. The van der Waals surface area contributed by atoms with Crippen LogP contribution < -0.4 is 15.5 Å². The second-order valence-electron chi connectivity index (χ2n) is 7.49. The lowest BCUT2D eigenvalue weighted by molar-refractivity contribution is 0.0243. The maximum Gasteiger partial charge on any atom is 0.191 e. The van der Waals surface area contributed by atoms with Crippen LogP contribution in [0.4, 0.5) is 5.82 Å². The number of guanidine groups is 1. The Labute approximate surface area is 180 Å². The molecule has 2 saturated heterocycles. The van der Waals surface area contributed by atoms with Gasteiger partial charge in [0.05, 0.1) is 5.60 Å². The van der Waals surface area contributed by atoms with Crippen LogP contribution in [0.3, 0.4) is 0 Å². The highest BCUT2D eigenvalue weighted by atomic mass is 127. The van der Waals surface area contributed by atoms with Crippen molar-refractivity contribution in [2.45, 2.75) is 31.9 Å². The number of hydrogen-bond donors (Lipinski definition) is 2. The van der Waals surface area contributed by atoms with Crippen molar-refractivity contribution in [3.8, 4) is 0 Å². The van der Waals surface area contributed by atoms with Gasteiger partial charge in [0.1, 0.15) is 5.82 Å². The van der Waals surface area contributed by atoms with Crippen LogP contribution in [0.5, 0.6) is 0 Å². The molecule has 1 unspecified atom stereocenters. The van der Waals surface area contributed by atoms with Crippen LogP contribution in [0, 0.1) is 0 Å². The van der Waals surface area contributed by atoms with E-state index in [1.54, 1.807) is 7.05 Å². The normalized spacial score (nSPS) is 23.8. The van der Waals surface area contributed by atoms with Crippen LogP contribution in [0.15, 0.2) is 23.3 Å². The molecule has 152 valence electrons. The minimum Gasteiger partial charge on any atom is -0.373 e. The smallest absolute Gasteiger partial charge is 0.191 e. The number of ether oxygens (including phenoxy) is 1. The van der Waals surface area contributed by atoms with Gasteiger partial charge in [-0.25, -0.2) is 4.98 Å². The van der Waals surface area contributed by atoms with E-state index in [9.17, 15) is 0 Å². The van der Waals surface area contributed by atoms with E-state index in [0.717, 1.165) is 70.5 Å². The molecule has 0 aromatic carbocycles. The molecule has 3 heterocycles. The number of likely N-dealkylation sites (N-methyl/N-ethyl adjacent to an activating group) is 1. The second kappa shape index (κ2) is 10.4. The molecule has 1 aromatic heterocycles. The zero-order chi connectivity index (χ0) is 18.4. The molecule has 0 bridgehead atoms. The number of hydrogen-bond acceptors (Lipinski definition) is 5. The summed E-state index contributed by atoms with van der Waals surface area (Å²) in [5.41, 5.74) is 1.13. The molecule has 2 fully saturated rings. The lowest BCUT2D eigenvalue weighted by Gasteiger charge is -2.33. The van der Waals surface area contributed by atoms with E-state index in [1.807, 2.05) is 6.20 Å². The lowest BCUT2D eigenvalue weighted by atomic mass is 10.0. The van der Waals surface area contributed by atoms with Gasteiger partial charge in [-0.1, -0.05) is 0 Å². The minimum absolute atomic E-state index is 0.